The van der Waals surface area contributed by atoms with Crippen LogP contribution in [0.25, 0.3) is 0 Å². The first-order valence-electron chi connectivity index (χ1n) is 9.84. The summed E-state index contributed by atoms with van der Waals surface area (Å²) in [7, 11) is 0. The van der Waals surface area contributed by atoms with E-state index in [2.05, 4.69) is 15.6 Å². The molecular formula is C22H23N3O6S. The number of carbonyl (C=O) groups is 3. The maximum absolute atomic E-state index is 12.5. The van der Waals surface area contributed by atoms with Crippen molar-refractivity contribution in [2.24, 2.45) is 0 Å². The lowest BCUT2D eigenvalue weighted by molar-refractivity contribution is -0.125. The van der Waals surface area contributed by atoms with E-state index < -0.39 is 18.5 Å². The largest absolute Gasteiger partial charge is 0.467 e. The van der Waals surface area contributed by atoms with Gasteiger partial charge in [-0.2, -0.15) is 0 Å². The highest BCUT2D eigenvalue weighted by molar-refractivity contribution is 8.00. The van der Waals surface area contributed by atoms with Crippen LogP contribution in [0.2, 0.25) is 0 Å². The predicted molar refractivity (Wildman–Crippen MR) is 116 cm³/mol. The van der Waals surface area contributed by atoms with Crippen LogP contribution in [0.4, 0.5) is 0 Å². The van der Waals surface area contributed by atoms with Gasteiger partial charge in [0.1, 0.15) is 16.5 Å². The fourth-order valence-electron chi connectivity index (χ4n) is 2.79. The lowest BCUT2D eigenvalue weighted by Crippen LogP contribution is -2.31. The molecule has 0 bridgehead atoms. The number of nitrogens with one attached hydrogen (secondary N) is 2. The summed E-state index contributed by atoms with van der Waals surface area (Å²) in [5, 5.41) is 5.83. The van der Waals surface area contributed by atoms with Gasteiger partial charge >= 0.3 is 5.97 Å². The van der Waals surface area contributed by atoms with E-state index in [0.29, 0.717) is 16.5 Å². The summed E-state index contributed by atoms with van der Waals surface area (Å²) in [4.78, 5) is 40.9. The minimum absolute atomic E-state index is 0.0451. The Labute approximate surface area is 188 Å². The second kappa shape index (κ2) is 11.2. The van der Waals surface area contributed by atoms with Gasteiger partial charge in [0.25, 0.3) is 5.91 Å². The maximum Gasteiger partial charge on any atom is 0.341 e. The number of aromatic nitrogens is 1. The zero-order valence-electron chi connectivity index (χ0n) is 17.6. The number of ether oxygens (including phenoxy) is 1. The Morgan fingerprint density at radius 1 is 0.969 bits per heavy atom. The number of thioether (sulfide) groups is 1. The summed E-state index contributed by atoms with van der Waals surface area (Å²) in [5.74, 6) is -0.128. The quantitative estimate of drug-likeness (QED) is 0.351. The molecule has 9 nitrogen and oxygen atoms in total. The van der Waals surface area contributed by atoms with E-state index in [4.69, 9.17) is 13.6 Å². The number of carbonyl (C=O) groups excluding carboxylic acids is 3. The molecule has 168 valence electrons. The summed E-state index contributed by atoms with van der Waals surface area (Å²) in [5.41, 5.74) is 0.177. The molecule has 0 fully saturated rings. The molecule has 0 aliphatic rings. The highest BCUT2D eigenvalue weighted by Crippen LogP contribution is 2.21. The number of amides is 2. The molecule has 0 spiro atoms. The Hall–Kier alpha value is -3.53. The number of nitrogens with zero attached hydrogens (tertiary/aromatic N) is 1. The smallest absolute Gasteiger partial charge is 0.341 e. The van der Waals surface area contributed by atoms with Gasteiger partial charge in [0.2, 0.25) is 5.91 Å². The second-order valence-corrected chi connectivity index (χ2v) is 7.79. The number of hydrogen-bond donors (Lipinski definition) is 2. The van der Waals surface area contributed by atoms with Crippen molar-refractivity contribution < 1.29 is 28.0 Å². The molecule has 3 rings (SSSR count). The molecule has 3 aromatic heterocycles. The summed E-state index contributed by atoms with van der Waals surface area (Å²) < 4.78 is 15.6. The van der Waals surface area contributed by atoms with E-state index in [-0.39, 0.29) is 29.3 Å². The number of hydrogen-bond acceptors (Lipinski definition) is 8. The third kappa shape index (κ3) is 6.48. The number of esters is 1. The first-order valence-corrected chi connectivity index (χ1v) is 10.8. The van der Waals surface area contributed by atoms with Gasteiger partial charge in [0.15, 0.2) is 6.61 Å². The summed E-state index contributed by atoms with van der Waals surface area (Å²) in [6, 6.07) is 9.45. The maximum atomic E-state index is 12.5. The topological polar surface area (TPSA) is 124 Å². The van der Waals surface area contributed by atoms with E-state index >= 15 is 0 Å². The van der Waals surface area contributed by atoms with Crippen LogP contribution in [0, 0.1) is 0 Å². The molecule has 0 aliphatic heterocycles. The van der Waals surface area contributed by atoms with Crippen molar-refractivity contribution in [2.45, 2.75) is 31.0 Å². The lowest BCUT2D eigenvalue weighted by Gasteiger charge is -2.13. The van der Waals surface area contributed by atoms with Crippen LogP contribution in [0.15, 0.2) is 69.0 Å². The summed E-state index contributed by atoms with van der Waals surface area (Å²) in [6.07, 6.45) is 4.56. The van der Waals surface area contributed by atoms with Crippen LogP contribution in [-0.2, 0) is 14.3 Å². The fourth-order valence-corrected chi connectivity index (χ4v) is 3.58. The normalized spacial score (nSPS) is 12.6. The number of pyridine rings is 1. The van der Waals surface area contributed by atoms with Gasteiger partial charge < -0.3 is 24.2 Å². The SMILES string of the molecule is CC(NC(=O)COC(=O)c1cccnc1SCC(=O)NC(C)c1ccco1)c1ccco1. The van der Waals surface area contributed by atoms with E-state index in [1.165, 1.54) is 24.8 Å². The van der Waals surface area contributed by atoms with Gasteiger partial charge in [-0.3, -0.25) is 9.59 Å². The van der Waals surface area contributed by atoms with Gasteiger partial charge in [-0.15, -0.1) is 0 Å². The minimum atomic E-state index is -0.703. The zero-order chi connectivity index (χ0) is 22.9. The third-order valence-corrected chi connectivity index (χ3v) is 5.37. The molecule has 3 heterocycles. The second-order valence-electron chi connectivity index (χ2n) is 6.83. The van der Waals surface area contributed by atoms with E-state index in [1.807, 2.05) is 6.92 Å². The van der Waals surface area contributed by atoms with Crippen LogP contribution in [0.3, 0.4) is 0 Å². The van der Waals surface area contributed by atoms with Gasteiger partial charge in [0, 0.05) is 6.20 Å². The molecule has 32 heavy (non-hydrogen) atoms. The van der Waals surface area contributed by atoms with Crippen molar-refractivity contribution in [3.05, 3.63) is 72.2 Å². The van der Waals surface area contributed by atoms with Crippen molar-refractivity contribution in [2.75, 3.05) is 12.4 Å². The van der Waals surface area contributed by atoms with Gasteiger partial charge in [-0.1, -0.05) is 11.8 Å². The van der Waals surface area contributed by atoms with Crippen LogP contribution < -0.4 is 10.6 Å². The molecule has 2 N–H and O–H groups in total. The van der Waals surface area contributed by atoms with Gasteiger partial charge in [-0.05, 0) is 50.2 Å². The monoisotopic (exact) mass is 457 g/mol. The van der Waals surface area contributed by atoms with Crippen molar-refractivity contribution in [1.82, 2.24) is 15.6 Å². The Balaban J connectivity index is 1.49. The van der Waals surface area contributed by atoms with Crippen molar-refractivity contribution in [3.63, 3.8) is 0 Å². The van der Waals surface area contributed by atoms with E-state index in [0.717, 1.165) is 11.8 Å². The first kappa shape index (κ1) is 23.1. The van der Waals surface area contributed by atoms with Crippen LogP contribution >= 0.6 is 11.8 Å². The Bertz CT molecular complexity index is 1040. The molecule has 3 aromatic rings. The van der Waals surface area contributed by atoms with E-state index in [1.54, 1.807) is 37.3 Å². The lowest BCUT2D eigenvalue weighted by atomic mass is 10.2. The molecule has 0 saturated heterocycles. The molecule has 0 aromatic carbocycles. The molecule has 2 unspecified atom stereocenters. The molecule has 2 atom stereocenters. The number of furan rings is 2. The molecule has 0 radical (unpaired) electrons. The molecule has 0 saturated carbocycles. The number of rotatable bonds is 10. The summed E-state index contributed by atoms with van der Waals surface area (Å²) >= 11 is 1.10. The van der Waals surface area contributed by atoms with Crippen LogP contribution in [-0.4, -0.2) is 35.1 Å². The minimum Gasteiger partial charge on any atom is -0.467 e. The van der Waals surface area contributed by atoms with Gasteiger partial charge in [-0.25, -0.2) is 9.78 Å². The summed E-state index contributed by atoms with van der Waals surface area (Å²) in [6.45, 7) is 3.11. The fraction of sp³-hybridized carbons (Fsp3) is 0.273. The van der Waals surface area contributed by atoms with Crippen molar-refractivity contribution in [3.8, 4) is 0 Å². The molecule has 10 heteroatoms. The van der Waals surface area contributed by atoms with Crippen molar-refractivity contribution in [1.29, 1.82) is 0 Å². The third-order valence-electron chi connectivity index (χ3n) is 4.36. The highest BCUT2D eigenvalue weighted by atomic mass is 32.2. The van der Waals surface area contributed by atoms with Crippen LogP contribution in [0.5, 0.6) is 0 Å². The molecule has 2 amide bonds. The van der Waals surface area contributed by atoms with Crippen LogP contribution in [0.1, 0.15) is 47.8 Å². The van der Waals surface area contributed by atoms with Gasteiger partial charge in [0.05, 0.1) is 35.9 Å². The molecular weight excluding hydrogens is 434 g/mol. The zero-order valence-corrected chi connectivity index (χ0v) is 18.4. The Morgan fingerprint density at radius 3 is 2.19 bits per heavy atom. The Morgan fingerprint density at radius 2 is 1.59 bits per heavy atom. The average molecular weight is 458 g/mol. The Kier molecular flexibility index (Phi) is 8.09. The standard InChI is InChI=1S/C22H23N3O6S/c1-14(17-7-4-10-29-17)24-19(26)12-31-22(28)16-6-3-9-23-21(16)32-13-20(27)25-15(2)18-8-5-11-30-18/h3-11,14-15H,12-13H2,1-2H3,(H,24,26)(H,25,27). The molecule has 0 aliphatic carbocycles. The average Bonchev–Trinajstić information content (AvgIpc) is 3.50. The first-order chi connectivity index (χ1) is 15.4. The predicted octanol–water partition coefficient (Wildman–Crippen LogP) is 3.27. The van der Waals surface area contributed by atoms with Crippen molar-refractivity contribution >= 4 is 29.5 Å². The highest BCUT2D eigenvalue weighted by Gasteiger charge is 2.19. The van der Waals surface area contributed by atoms with E-state index in [9.17, 15) is 14.4 Å².